The average molecular weight is 569 g/mol. The van der Waals surface area contributed by atoms with Gasteiger partial charge in [-0.05, 0) is 49.1 Å². The topological polar surface area (TPSA) is 67.4 Å². The number of likely N-dealkylation sites (tertiary alicyclic amines) is 1. The van der Waals surface area contributed by atoms with Crippen molar-refractivity contribution in [3.8, 4) is 17.2 Å². The quantitative estimate of drug-likeness (QED) is 0.193. The molecule has 3 rings (SSSR count). The second-order valence-electron chi connectivity index (χ2n) is 7.93. The van der Waals surface area contributed by atoms with Gasteiger partial charge in [-0.2, -0.15) is 0 Å². The van der Waals surface area contributed by atoms with Crippen molar-refractivity contribution in [2.45, 2.75) is 31.8 Å². The summed E-state index contributed by atoms with van der Waals surface area (Å²) in [7, 11) is 5.22. The lowest BCUT2D eigenvalue weighted by atomic mass is 10.1. The molecule has 0 amide bonds. The molecule has 0 spiro atoms. The lowest BCUT2D eigenvalue weighted by Gasteiger charge is -2.33. The van der Waals surface area contributed by atoms with E-state index >= 15 is 0 Å². The fraction of sp³-hybridized carbons (Fsp3) is 0.480. The Labute approximate surface area is 214 Å². The number of benzene rings is 2. The number of halogens is 1. The number of aliphatic imine (C=N–C) groups is 1. The Balaban J connectivity index is 0.00000385. The molecule has 2 aromatic carbocycles. The highest BCUT2D eigenvalue weighted by molar-refractivity contribution is 14.0. The zero-order valence-electron chi connectivity index (χ0n) is 19.9. The number of piperidine rings is 1. The van der Waals surface area contributed by atoms with Crippen molar-refractivity contribution in [3.05, 3.63) is 54.1 Å². The zero-order chi connectivity index (χ0) is 22.6. The van der Waals surface area contributed by atoms with Crippen LogP contribution in [0.15, 0.2) is 53.5 Å². The molecule has 182 valence electrons. The van der Waals surface area contributed by atoms with Crippen LogP contribution in [0.25, 0.3) is 0 Å². The van der Waals surface area contributed by atoms with Crippen LogP contribution in [-0.4, -0.2) is 64.4 Å². The maximum Gasteiger partial charge on any atom is 0.191 e. The molecule has 0 radical (unpaired) electrons. The number of nitrogens with one attached hydrogen (secondary N) is 2. The van der Waals surface area contributed by atoms with Crippen molar-refractivity contribution in [3.63, 3.8) is 0 Å². The predicted octanol–water partition coefficient (Wildman–Crippen LogP) is 4.27. The molecule has 1 aliphatic heterocycles. The lowest BCUT2D eigenvalue weighted by Crippen LogP contribution is -2.48. The molecule has 1 aliphatic rings. The highest BCUT2D eigenvalue weighted by atomic mass is 127. The predicted molar refractivity (Wildman–Crippen MR) is 144 cm³/mol. The van der Waals surface area contributed by atoms with Gasteiger partial charge in [0.2, 0.25) is 0 Å². The number of ether oxygens (including phenoxy) is 3. The van der Waals surface area contributed by atoms with E-state index in [1.165, 1.54) is 0 Å². The van der Waals surface area contributed by atoms with Crippen molar-refractivity contribution in [2.24, 2.45) is 4.99 Å². The van der Waals surface area contributed by atoms with E-state index in [2.05, 4.69) is 32.7 Å². The Hall–Kier alpha value is -2.04. The van der Waals surface area contributed by atoms with E-state index in [0.29, 0.717) is 24.1 Å². The van der Waals surface area contributed by atoms with Gasteiger partial charge in [0.05, 0.1) is 7.11 Å². The fourth-order valence-corrected chi connectivity index (χ4v) is 3.81. The van der Waals surface area contributed by atoms with Gasteiger partial charge in [0.15, 0.2) is 17.5 Å². The molecule has 7 nitrogen and oxygen atoms in total. The van der Waals surface area contributed by atoms with Crippen molar-refractivity contribution >= 4 is 29.9 Å². The van der Waals surface area contributed by atoms with Crippen LogP contribution in [0.2, 0.25) is 0 Å². The maximum absolute atomic E-state index is 5.95. The van der Waals surface area contributed by atoms with Crippen molar-refractivity contribution in [2.75, 3.05) is 47.5 Å². The molecule has 2 aromatic rings. The van der Waals surface area contributed by atoms with Crippen LogP contribution < -0.4 is 20.1 Å². The monoisotopic (exact) mass is 568 g/mol. The molecule has 33 heavy (non-hydrogen) atoms. The van der Waals surface area contributed by atoms with Crippen molar-refractivity contribution < 1.29 is 14.2 Å². The molecule has 0 aliphatic carbocycles. The summed E-state index contributed by atoms with van der Waals surface area (Å²) in [4.78, 5) is 6.91. The highest BCUT2D eigenvalue weighted by Crippen LogP contribution is 2.30. The Morgan fingerprint density at radius 2 is 1.73 bits per heavy atom. The van der Waals surface area contributed by atoms with Gasteiger partial charge >= 0.3 is 0 Å². The van der Waals surface area contributed by atoms with E-state index < -0.39 is 0 Å². The Kier molecular flexibility index (Phi) is 12.3. The summed E-state index contributed by atoms with van der Waals surface area (Å²) < 4.78 is 16.4. The van der Waals surface area contributed by atoms with Gasteiger partial charge in [0.25, 0.3) is 0 Å². The van der Waals surface area contributed by atoms with E-state index in [1.807, 2.05) is 43.4 Å². The number of guanidine groups is 1. The molecule has 1 fully saturated rings. The van der Waals surface area contributed by atoms with E-state index in [0.717, 1.165) is 62.8 Å². The second-order valence-corrected chi connectivity index (χ2v) is 7.93. The molecule has 0 aromatic heterocycles. The van der Waals surface area contributed by atoms with Crippen molar-refractivity contribution in [1.29, 1.82) is 0 Å². The first-order chi connectivity index (χ1) is 15.7. The summed E-state index contributed by atoms with van der Waals surface area (Å²) in [6.45, 7) is 4.88. The molecule has 1 heterocycles. The summed E-state index contributed by atoms with van der Waals surface area (Å²) in [6, 6.07) is 16.2. The lowest BCUT2D eigenvalue weighted by molar-refractivity contribution is 0.155. The van der Waals surface area contributed by atoms with Crippen LogP contribution >= 0.6 is 24.0 Å². The summed E-state index contributed by atoms with van der Waals surface area (Å²) in [5.74, 6) is 3.04. The standard InChI is InChI=1S/C25H36N4O3.HI/c1-26-25(28-21-13-16-29(17-14-21)15-6-18-30-2)27-19-20-9-11-22(12-10-20)32-24-8-5-4-7-23(24)31-3;/h4-5,7-12,21H,6,13-19H2,1-3H3,(H2,26,27,28);1H. The van der Waals surface area contributed by atoms with Crippen LogP contribution in [0.5, 0.6) is 17.2 Å². The minimum atomic E-state index is 0. The smallest absolute Gasteiger partial charge is 0.191 e. The molecular formula is C25H37IN4O3. The van der Waals surface area contributed by atoms with Crippen LogP contribution in [0, 0.1) is 0 Å². The third kappa shape index (κ3) is 9.02. The number of nitrogens with zero attached hydrogens (tertiary/aromatic N) is 2. The fourth-order valence-electron chi connectivity index (χ4n) is 3.81. The van der Waals surface area contributed by atoms with E-state index in [-0.39, 0.29) is 24.0 Å². The number of para-hydroxylation sites is 2. The molecule has 0 bridgehead atoms. The Morgan fingerprint density at radius 3 is 2.36 bits per heavy atom. The molecular weight excluding hydrogens is 531 g/mol. The van der Waals surface area contributed by atoms with Gasteiger partial charge < -0.3 is 29.7 Å². The second kappa shape index (κ2) is 15.0. The minimum absolute atomic E-state index is 0. The Morgan fingerprint density at radius 1 is 1.03 bits per heavy atom. The van der Waals surface area contributed by atoms with E-state index in [1.54, 1.807) is 14.2 Å². The SMILES string of the molecule is CN=C(NCc1ccc(Oc2ccccc2OC)cc1)NC1CCN(CCCOC)CC1.I. The van der Waals surface area contributed by atoms with Crippen molar-refractivity contribution in [1.82, 2.24) is 15.5 Å². The molecule has 0 saturated carbocycles. The first-order valence-corrected chi connectivity index (χ1v) is 11.3. The summed E-state index contributed by atoms with van der Waals surface area (Å²) in [6.07, 6.45) is 3.35. The summed E-state index contributed by atoms with van der Waals surface area (Å²) in [5, 5.41) is 6.99. The maximum atomic E-state index is 5.95. The molecule has 2 N–H and O–H groups in total. The van der Waals surface area contributed by atoms with Crippen LogP contribution in [-0.2, 0) is 11.3 Å². The van der Waals surface area contributed by atoms with E-state index in [4.69, 9.17) is 14.2 Å². The third-order valence-electron chi connectivity index (χ3n) is 5.66. The van der Waals surface area contributed by atoms with Crippen LogP contribution in [0.3, 0.4) is 0 Å². The van der Waals surface area contributed by atoms with Crippen LogP contribution in [0.1, 0.15) is 24.8 Å². The Bertz CT molecular complexity index is 840. The zero-order valence-corrected chi connectivity index (χ0v) is 22.2. The number of hydrogen-bond donors (Lipinski definition) is 2. The van der Waals surface area contributed by atoms with Gasteiger partial charge in [-0.15, -0.1) is 24.0 Å². The molecule has 8 heteroatoms. The van der Waals surface area contributed by atoms with Gasteiger partial charge in [-0.25, -0.2) is 0 Å². The molecule has 1 saturated heterocycles. The van der Waals surface area contributed by atoms with Gasteiger partial charge in [0, 0.05) is 53.0 Å². The summed E-state index contributed by atoms with van der Waals surface area (Å²) in [5.41, 5.74) is 1.16. The van der Waals surface area contributed by atoms with Crippen LogP contribution in [0.4, 0.5) is 0 Å². The average Bonchev–Trinajstić information content (AvgIpc) is 2.84. The summed E-state index contributed by atoms with van der Waals surface area (Å²) >= 11 is 0. The number of rotatable bonds is 10. The number of methoxy groups -OCH3 is 2. The molecule has 0 atom stereocenters. The highest BCUT2D eigenvalue weighted by Gasteiger charge is 2.19. The normalized spacial score (nSPS) is 14.9. The third-order valence-corrected chi connectivity index (χ3v) is 5.66. The molecule has 0 unspecified atom stereocenters. The first kappa shape index (κ1) is 27.2. The largest absolute Gasteiger partial charge is 0.493 e. The van der Waals surface area contributed by atoms with Gasteiger partial charge in [-0.1, -0.05) is 24.3 Å². The first-order valence-electron chi connectivity index (χ1n) is 11.3. The van der Waals surface area contributed by atoms with Gasteiger partial charge in [0.1, 0.15) is 5.75 Å². The van der Waals surface area contributed by atoms with E-state index in [9.17, 15) is 0 Å². The van der Waals surface area contributed by atoms with Gasteiger partial charge in [-0.3, -0.25) is 4.99 Å². The number of hydrogen-bond acceptors (Lipinski definition) is 5. The minimum Gasteiger partial charge on any atom is -0.493 e.